The summed E-state index contributed by atoms with van der Waals surface area (Å²) in [5.74, 6) is 0.365. The third-order valence-corrected chi connectivity index (χ3v) is 3.35. The lowest BCUT2D eigenvalue weighted by atomic mass is 10.1. The largest absolute Gasteiger partial charge is 0.493 e. The maximum Gasteiger partial charge on any atom is 0.314 e. The van der Waals surface area contributed by atoms with E-state index in [1.54, 1.807) is 0 Å². The average Bonchev–Trinajstić information content (AvgIpc) is 2.53. The Bertz CT molecular complexity index is 767. The summed E-state index contributed by atoms with van der Waals surface area (Å²) in [6, 6.07) is 9.59. The second kappa shape index (κ2) is 8.14. The maximum absolute atomic E-state index is 12.0. The highest BCUT2D eigenvalue weighted by Gasteiger charge is 2.15. The predicted octanol–water partition coefficient (Wildman–Crippen LogP) is 3.59. The van der Waals surface area contributed by atoms with Crippen molar-refractivity contribution in [3.63, 3.8) is 0 Å². The van der Waals surface area contributed by atoms with Gasteiger partial charge in [-0.1, -0.05) is 6.07 Å². The molecule has 0 atom stereocenters. The molecule has 7 nitrogen and oxygen atoms in total. The Labute approximate surface area is 145 Å². The van der Waals surface area contributed by atoms with Crippen molar-refractivity contribution in [2.24, 2.45) is 0 Å². The van der Waals surface area contributed by atoms with Gasteiger partial charge >= 0.3 is 5.97 Å². The van der Waals surface area contributed by atoms with Crippen molar-refractivity contribution in [3.8, 4) is 17.2 Å². The van der Waals surface area contributed by atoms with Gasteiger partial charge in [0.2, 0.25) is 0 Å². The van der Waals surface area contributed by atoms with Crippen LogP contribution in [-0.2, 0) is 4.79 Å². The van der Waals surface area contributed by atoms with Gasteiger partial charge < -0.3 is 14.2 Å². The molecule has 7 heteroatoms. The fraction of sp³-hybridized carbons (Fsp3) is 0.278. The van der Waals surface area contributed by atoms with Crippen LogP contribution in [0.4, 0.5) is 5.69 Å². The van der Waals surface area contributed by atoms with E-state index in [9.17, 15) is 14.9 Å². The molecule has 0 aliphatic carbocycles. The van der Waals surface area contributed by atoms with Gasteiger partial charge in [-0.3, -0.25) is 14.9 Å². The number of carbonyl (C=O) groups excluding carboxylic acids is 1. The zero-order valence-corrected chi connectivity index (χ0v) is 14.3. The number of benzene rings is 2. The highest BCUT2D eigenvalue weighted by atomic mass is 16.6. The van der Waals surface area contributed by atoms with Crippen LogP contribution in [0.5, 0.6) is 17.2 Å². The SMILES string of the molecule is COc1ccc([N+](=O)[O-])cc1OC(=O)CCOc1cc(C)cc(C)c1. The summed E-state index contributed by atoms with van der Waals surface area (Å²) in [7, 11) is 1.39. The van der Waals surface area contributed by atoms with Gasteiger partial charge in [-0.25, -0.2) is 0 Å². The molecule has 0 radical (unpaired) electrons. The van der Waals surface area contributed by atoms with E-state index in [-0.39, 0.29) is 30.2 Å². The number of carbonyl (C=O) groups is 1. The van der Waals surface area contributed by atoms with E-state index >= 15 is 0 Å². The fourth-order valence-corrected chi connectivity index (χ4v) is 2.30. The van der Waals surface area contributed by atoms with Gasteiger partial charge in [0.1, 0.15) is 5.75 Å². The molecule has 0 aliphatic rings. The van der Waals surface area contributed by atoms with E-state index in [4.69, 9.17) is 14.2 Å². The quantitative estimate of drug-likeness (QED) is 0.330. The lowest BCUT2D eigenvalue weighted by molar-refractivity contribution is -0.384. The minimum atomic E-state index is -0.569. The molecule has 2 aromatic rings. The Morgan fingerprint density at radius 2 is 1.76 bits per heavy atom. The number of nitro benzene ring substituents is 1. The predicted molar refractivity (Wildman–Crippen MR) is 91.3 cm³/mol. The van der Waals surface area contributed by atoms with Gasteiger partial charge in [-0.2, -0.15) is 0 Å². The summed E-state index contributed by atoms with van der Waals surface area (Å²) >= 11 is 0. The molecule has 0 N–H and O–H groups in total. The lowest BCUT2D eigenvalue weighted by Crippen LogP contribution is -2.13. The number of nitrogens with zero attached hydrogens (tertiary/aromatic N) is 1. The molecule has 2 rings (SSSR count). The molecular weight excluding hydrogens is 326 g/mol. The summed E-state index contributed by atoms with van der Waals surface area (Å²) in [5, 5.41) is 10.8. The number of rotatable bonds is 7. The van der Waals surface area contributed by atoms with Crippen molar-refractivity contribution in [2.45, 2.75) is 20.3 Å². The molecule has 0 fully saturated rings. The molecule has 0 heterocycles. The van der Waals surface area contributed by atoms with E-state index in [2.05, 4.69) is 0 Å². The summed E-state index contributed by atoms with van der Waals surface area (Å²) in [6.07, 6.45) is -0.00116. The van der Waals surface area contributed by atoms with Gasteiger partial charge in [0.25, 0.3) is 5.69 Å². The lowest BCUT2D eigenvalue weighted by Gasteiger charge is -2.10. The van der Waals surface area contributed by atoms with Crippen LogP contribution in [0, 0.1) is 24.0 Å². The van der Waals surface area contributed by atoms with Gasteiger partial charge in [0.05, 0.1) is 31.1 Å². The average molecular weight is 345 g/mol. The first kappa shape index (κ1) is 18.3. The number of non-ortho nitro benzene ring substituents is 1. The van der Waals surface area contributed by atoms with Gasteiger partial charge in [0, 0.05) is 6.07 Å². The van der Waals surface area contributed by atoms with Crippen molar-refractivity contribution in [1.82, 2.24) is 0 Å². The van der Waals surface area contributed by atoms with E-state index in [1.165, 1.54) is 19.2 Å². The standard InChI is InChI=1S/C18H19NO6/c1-12-8-13(2)10-15(9-12)24-7-6-18(20)25-17-11-14(19(21)22)4-5-16(17)23-3/h4-5,8-11H,6-7H2,1-3H3. The molecular formula is C18H19NO6. The highest BCUT2D eigenvalue weighted by Crippen LogP contribution is 2.31. The molecule has 0 saturated carbocycles. The summed E-state index contributed by atoms with van der Waals surface area (Å²) in [5.41, 5.74) is 1.95. The van der Waals surface area contributed by atoms with Gasteiger partial charge in [-0.15, -0.1) is 0 Å². The third kappa shape index (κ3) is 5.20. The van der Waals surface area contributed by atoms with Crippen molar-refractivity contribution in [1.29, 1.82) is 0 Å². The minimum Gasteiger partial charge on any atom is -0.493 e. The van der Waals surface area contributed by atoms with E-state index in [1.807, 2.05) is 32.0 Å². The van der Waals surface area contributed by atoms with E-state index in [0.29, 0.717) is 5.75 Å². The number of aryl methyl sites for hydroxylation is 2. The summed E-state index contributed by atoms with van der Waals surface area (Å²) in [4.78, 5) is 22.2. The Hall–Kier alpha value is -3.09. The Morgan fingerprint density at radius 3 is 2.36 bits per heavy atom. The number of ether oxygens (including phenoxy) is 3. The molecule has 132 valence electrons. The number of methoxy groups -OCH3 is 1. The van der Waals surface area contributed by atoms with Crippen LogP contribution >= 0.6 is 0 Å². The van der Waals surface area contributed by atoms with Crippen molar-refractivity contribution in [2.75, 3.05) is 13.7 Å². The number of hydrogen-bond acceptors (Lipinski definition) is 6. The van der Waals surface area contributed by atoms with E-state index < -0.39 is 10.9 Å². The minimum absolute atomic E-state index is 0.00116. The zero-order chi connectivity index (χ0) is 18.4. The van der Waals surface area contributed by atoms with Crippen molar-refractivity contribution in [3.05, 3.63) is 57.6 Å². The Balaban J connectivity index is 1.95. The first-order valence-electron chi connectivity index (χ1n) is 7.63. The van der Waals surface area contributed by atoms with Crippen molar-refractivity contribution >= 4 is 11.7 Å². The van der Waals surface area contributed by atoms with Crippen LogP contribution in [0.25, 0.3) is 0 Å². The first-order valence-corrected chi connectivity index (χ1v) is 7.63. The number of esters is 1. The van der Waals surface area contributed by atoms with Crippen LogP contribution in [0.15, 0.2) is 36.4 Å². The molecule has 0 aromatic heterocycles. The van der Waals surface area contributed by atoms with Crippen LogP contribution in [0.2, 0.25) is 0 Å². The van der Waals surface area contributed by atoms with Gasteiger partial charge in [0.15, 0.2) is 11.5 Å². The topological polar surface area (TPSA) is 87.9 Å². The van der Waals surface area contributed by atoms with Crippen LogP contribution in [0.3, 0.4) is 0 Å². The molecule has 0 bridgehead atoms. The molecule has 0 aliphatic heterocycles. The molecule has 0 amide bonds. The van der Waals surface area contributed by atoms with Crippen LogP contribution in [0.1, 0.15) is 17.5 Å². The fourth-order valence-electron chi connectivity index (χ4n) is 2.30. The molecule has 2 aromatic carbocycles. The molecule has 0 saturated heterocycles. The Kier molecular flexibility index (Phi) is 5.94. The smallest absolute Gasteiger partial charge is 0.314 e. The molecule has 25 heavy (non-hydrogen) atoms. The second-order valence-corrected chi connectivity index (χ2v) is 5.49. The summed E-state index contributed by atoms with van der Waals surface area (Å²) in [6.45, 7) is 4.06. The van der Waals surface area contributed by atoms with Crippen LogP contribution in [-0.4, -0.2) is 24.6 Å². The Morgan fingerprint density at radius 1 is 1.08 bits per heavy atom. The van der Waals surface area contributed by atoms with Crippen molar-refractivity contribution < 1.29 is 23.9 Å². The van der Waals surface area contributed by atoms with Crippen LogP contribution < -0.4 is 14.2 Å². The maximum atomic E-state index is 12.0. The van der Waals surface area contributed by atoms with Gasteiger partial charge in [-0.05, 0) is 43.2 Å². The number of nitro groups is 1. The third-order valence-electron chi connectivity index (χ3n) is 3.35. The monoisotopic (exact) mass is 345 g/mol. The zero-order valence-electron chi connectivity index (χ0n) is 14.3. The molecule has 0 unspecified atom stereocenters. The number of hydrogen-bond donors (Lipinski definition) is 0. The first-order chi connectivity index (χ1) is 11.9. The summed E-state index contributed by atoms with van der Waals surface area (Å²) < 4.78 is 15.8. The highest BCUT2D eigenvalue weighted by molar-refractivity contribution is 5.73. The normalized spacial score (nSPS) is 10.2. The van der Waals surface area contributed by atoms with E-state index in [0.717, 1.165) is 17.2 Å². The molecule has 0 spiro atoms. The second-order valence-electron chi connectivity index (χ2n) is 5.49.